The molecule has 3 nitrogen and oxygen atoms in total. The van der Waals surface area contributed by atoms with E-state index in [1.165, 1.54) is 30.6 Å². The van der Waals surface area contributed by atoms with Crippen molar-refractivity contribution in [1.29, 1.82) is 0 Å². The highest BCUT2D eigenvalue weighted by molar-refractivity contribution is 7.15. The number of carbonyl (C=O) groups excluding carboxylic acids is 1. The van der Waals surface area contributed by atoms with Gasteiger partial charge in [0, 0.05) is 4.88 Å². The Kier molecular flexibility index (Phi) is 3.63. The summed E-state index contributed by atoms with van der Waals surface area (Å²) in [6.07, 6.45) is 0. The molecule has 6 heteroatoms. The Labute approximate surface area is 112 Å². The molecular weight excluding hydrogens is 277 g/mol. The van der Waals surface area contributed by atoms with Crippen LogP contribution in [0.15, 0.2) is 18.2 Å². The fraction of sp³-hybridized carbons (Fsp3) is 0.167. The first-order chi connectivity index (χ1) is 8.54. The normalized spacial score (nSPS) is 10.4. The van der Waals surface area contributed by atoms with Crippen molar-refractivity contribution in [3.8, 4) is 10.6 Å². The molecule has 0 saturated heterocycles. The largest absolute Gasteiger partial charge is 0.464 e. The molecule has 0 atom stereocenters. The SMILES string of the molecule is COC(=O)c1nc(-c2c(F)cccc2Cl)sc1C. The lowest BCUT2D eigenvalue weighted by Gasteiger charge is -2.01. The van der Waals surface area contributed by atoms with Gasteiger partial charge in [-0.05, 0) is 19.1 Å². The van der Waals surface area contributed by atoms with Gasteiger partial charge in [-0.15, -0.1) is 11.3 Å². The monoisotopic (exact) mass is 285 g/mol. The Morgan fingerprint density at radius 1 is 1.50 bits per heavy atom. The van der Waals surface area contributed by atoms with E-state index in [1.807, 2.05) is 0 Å². The molecular formula is C12H9ClFNO2S. The fourth-order valence-electron chi connectivity index (χ4n) is 1.49. The van der Waals surface area contributed by atoms with E-state index < -0.39 is 11.8 Å². The number of halogens is 2. The topological polar surface area (TPSA) is 39.2 Å². The standard InChI is InChI=1S/C12H9ClFNO2S/c1-6-10(12(16)17-2)15-11(18-6)9-7(13)4-3-5-8(9)14/h3-5H,1-2H3. The summed E-state index contributed by atoms with van der Waals surface area (Å²) in [7, 11) is 1.27. The number of nitrogens with zero attached hydrogens (tertiary/aromatic N) is 1. The highest BCUT2D eigenvalue weighted by Crippen LogP contribution is 2.34. The average molecular weight is 286 g/mol. The number of benzene rings is 1. The third-order valence-corrected chi connectivity index (χ3v) is 3.66. The summed E-state index contributed by atoms with van der Waals surface area (Å²) in [5.41, 5.74) is 0.402. The van der Waals surface area contributed by atoms with Gasteiger partial charge in [-0.3, -0.25) is 0 Å². The molecule has 94 valence electrons. The number of aryl methyl sites for hydroxylation is 1. The molecule has 2 aromatic rings. The fourth-order valence-corrected chi connectivity index (χ4v) is 2.76. The van der Waals surface area contributed by atoms with E-state index in [4.69, 9.17) is 11.6 Å². The summed E-state index contributed by atoms with van der Waals surface area (Å²) in [6, 6.07) is 4.40. The summed E-state index contributed by atoms with van der Waals surface area (Å²) < 4.78 is 18.3. The predicted octanol–water partition coefficient (Wildman–Crippen LogP) is 3.70. The second-order valence-electron chi connectivity index (χ2n) is 3.51. The minimum absolute atomic E-state index is 0.191. The lowest BCUT2D eigenvalue weighted by atomic mass is 10.2. The van der Waals surface area contributed by atoms with E-state index >= 15 is 0 Å². The van der Waals surface area contributed by atoms with E-state index in [0.717, 1.165) is 0 Å². The number of rotatable bonds is 2. The number of ether oxygens (including phenoxy) is 1. The van der Waals surface area contributed by atoms with Gasteiger partial charge in [-0.2, -0.15) is 0 Å². The van der Waals surface area contributed by atoms with Crippen LogP contribution in [0.5, 0.6) is 0 Å². The molecule has 2 rings (SSSR count). The molecule has 0 saturated carbocycles. The molecule has 1 aromatic carbocycles. The molecule has 0 aliphatic heterocycles. The van der Waals surface area contributed by atoms with Crippen LogP contribution in [0.2, 0.25) is 5.02 Å². The first-order valence-electron chi connectivity index (χ1n) is 5.04. The second kappa shape index (κ2) is 5.04. The van der Waals surface area contributed by atoms with Crippen molar-refractivity contribution < 1.29 is 13.9 Å². The van der Waals surface area contributed by atoms with Gasteiger partial charge in [0.1, 0.15) is 10.8 Å². The van der Waals surface area contributed by atoms with Crippen LogP contribution >= 0.6 is 22.9 Å². The van der Waals surface area contributed by atoms with Crippen LogP contribution < -0.4 is 0 Å². The van der Waals surface area contributed by atoms with Crippen LogP contribution in [0.25, 0.3) is 10.6 Å². The number of esters is 1. The second-order valence-corrected chi connectivity index (χ2v) is 5.12. The lowest BCUT2D eigenvalue weighted by molar-refractivity contribution is 0.0594. The zero-order valence-corrected chi connectivity index (χ0v) is 11.2. The minimum Gasteiger partial charge on any atom is -0.464 e. The molecule has 0 fully saturated rings. The quantitative estimate of drug-likeness (QED) is 0.790. The maximum atomic E-state index is 13.7. The molecule has 1 aromatic heterocycles. The summed E-state index contributed by atoms with van der Waals surface area (Å²) >= 11 is 7.15. The molecule has 1 heterocycles. The van der Waals surface area contributed by atoms with Crippen molar-refractivity contribution in [2.75, 3.05) is 7.11 Å². The van der Waals surface area contributed by atoms with Crippen molar-refractivity contribution in [2.24, 2.45) is 0 Å². The molecule has 0 aliphatic rings. The first-order valence-corrected chi connectivity index (χ1v) is 6.24. The van der Waals surface area contributed by atoms with E-state index in [1.54, 1.807) is 13.0 Å². The summed E-state index contributed by atoms with van der Waals surface area (Å²) in [5, 5.41) is 0.635. The molecule has 0 amide bonds. The Morgan fingerprint density at radius 3 is 2.83 bits per heavy atom. The zero-order chi connectivity index (χ0) is 13.3. The molecule has 0 bridgehead atoms. The Morgan fingerprint density at radius 2 is 2.22 bits per heavy atom. The van der Waals surface area contributed by atoms with Gasteiger partial charge < -0.3 is 4.74 Å². The van der Waals surface area contributed by atoms with Crippen LogP contribution in [0, 0.1) is 12.7 Å². The highest BCUT2D eigenvalue weighted by atomic mass is 35.5. The number of aromatic nitrogens is 1. The Bertz CT molecular complexity index is 592. The molecule has 0 spiro atoms. The number of methoxy groups -OCH3 is 1. The molecule has 0 aliphatic carbocycles. The molecule has 0 unspecified atom stereocenters. The summed E-state index contributed by atoms with van der Waals surface area (Å²) in [5.74, 6) is -1.00. The van der Waals surface area contributed by atoms with Crippen LogP contribution in [0.3, 0.4) is 0 Å². The van der Waals surface area contributed by atoms with Gasteiger partial charge >= 0.3 is 5.97 Å². The smallest absolute Gasteiger partial charge is 0.357 e. The highest BCUT2D eigenvalue weighted by Gasteiger charge is 2.20. The van der Waals surface area contributed by atoms with Crippen molar-refractivity contribution >= 4 is 28.9 Å². The van der Waals surface area contributed by atoms with Crippen LogP contribution in [0.1, 0.15) is 15.4 Å². The van der Waals surface area contributed by atoms with Crippen molar-refractivity contribution in [2.45, 2.75) is 6.92 Å². The van der Waals surface area contributed by atoms with E-state index in [-0.39, 0.29) is 16.3 Å². The molecule has 0 N–H and O–H groups in total. The maximum absolute atomic E-state index is 13.7. The van der Waals surface area contributed by atoms with E-state index in [0.29, 0.717) is 9.88 Å². The summed E-state index contributed by atoms with van der Waals surface area (Å²) in [4.78, 5) is 16.2. The van der Waals surface area contributed by atoms with Gasteiger partial charge in [-0.1, -0.05) is 17.7 Å². The van der Waals surface area contributed by atoms with Crippen LogP contribution in [-0.2, 0) is 4.74 Å². The number of hydrogen-bond acceptors (Lipinski definition) is 4. The van der Waals surface area contributed by atoms with Crippen molar-refractivity contribution in [3.63, 3.8) is 0 Å². The van der Waals surface area contributed by atoms with Crippen LogP contribution in [0.4, 0.5) is 4.39 Å². The predicted molar refractivity (Wildman–Crippen MR) is 68.6 cm³/mol. The van der Waals surface area contributed by atoms with Gasteiger partial charge in [0.2, 0.25) is 0 Å². The Hall–Kier alpha value is -1.46. The van der Waals surface area contributed by atoms with Crippen molar-refractivity contribution in [1.82, 2.24) is 4.98 Å². The van der Waals surface area contributed by atoms with Gasteiger partial charge in [0.05, 0.1) is 17.7 Å². The van der Waals surface area contributed by atoms with Gasteiger partial charge in [0.25, 0.3) is 0 Å². The zero-order valence-electron chi connectivity index (χ0n) is 9.66. The number of hydrogen-bond donors (Lipinski definition) is 0. The van der Waals surface area contributed by atoms with Crippen LogP contribution in [-0.4, -0.2) is 18.1 Å². The third-order valence-electron chi connectivity index (χ3n) is 2.35. The average Bonchev–Trinajstić information content (AvgIpc) is 2.70. The van der Waals surface area contributed by atoms with E-state index in [9.17, 15) is 9.18 Å². The molecule has 18 heavy (non-hydrogen) atoms. The van der Waals surface area contributed by atoms with Crippen molar-refractivity contribution in [3.05, 3.63) is 39.6 Å². The van der Waals surface area contributed by atoms with E-state index in [2.05, 4.69) is 9.72 Å². The maximum Gasteiger partial charge on any atom is 0.357 e. The lowest BCUT2D eigenvalue weighted by Crippen LogP contribution is -2.03. The number of thiazole rings is 1. The number of carbonyl (C=O) groups is 1. The minimum atomic E-state index is -0.539. The molecule has 0 radical (unpaired) electrons. The van der Waals surface area contributed by atoms with Gasteiger partial charge in [-0.25, -0.2) is 14.2 Å². The first kappa shape index (κ1) is 13.0. The summed E-state index contributed by atoms with van der Waals surface area (Å²) in [6.45, 7) is 1.72. The van der Waals surface area contributed by atoms with Gasteiger partial charge in [0.15, 0.2) is 5.69 Å². The third kappa shape index (κ3) is 2.23. The Balaban J connectivity index is 2.56.